The van der Waals surface area contributed by atoms with Crippen LogP contribution in [-0.2, 0) is 4.74 Å². The van der Waals surface area contributed by atoms with Crippen LogP contribution in [0.5, 0.6) is 17.2 Å². The number of aromatic nitrogens is 2. The minimum Gasteiger partial charge on any atom is -0.508 e. The fourth-order valence-electron chi connectivity index (χ4n) is 3.34. The van der Waals surface area contributed by atoms with E-state index in [-0.39, 0.29) is 12.5 Å². The summed E-state index contributed by atoms with van der Waals surface area (Å²) in [6.45, 7) is 2.98. The van der Waals surface area contributed by atoms with Crippen molar-refractivity contribution in [2.45, 2.75) is 0 Å². The molecule has 5 rings (SSSR count). The predicted octanol–water partition coefficient (Wildman–Crippen LogP) is 3.16. The number of nitrogens with one attached hydrogen (secondary N) is 1. The zero-order valence-corrected chi connectivity index (χ0v) is 15.7. The highest BCUT2D eigenvalue weighted by atomic mass is 16.7. The molecule has 2 aliphatic rings. The molecular weight excluding hydrogens is 372 g/mol. The maximum absolute atomic E-state index is 9.87. The number of hydrogen-bond acceptors (Lipinski definition) is 8. The molecule has 2 aromatic carbocycles. The van der Waals surface area contributed by atoms with Crippen LogP contribution in [0.1, 0.15) is 0 Å². The number of rotatable bonds is 4. The van der Waals surface area contributed by atoms with Gasteiger partial charge in [0.15, 0.2) is 11.5 Å². The number of aromatic hydroxyl groups is 1. The molecule has 2 aliphatic heterocycles. The first-order valence-corrected chi connectivity index (χ1v) is 9.42. The number of anilines is 3. The summed E-state index contributed by atoms with van der Waals surface area (Å²) in [5, 5.41) is 13.2. The Morgan fingerprint density at radius 3 is 2.66 bits per heavy atom. The summed E-state index contributed by atoms with van der Waals surface area (Å²) in [6.07, 6.45) is 0. The summed E-state index contributed by atoms with van der Waals surface area (Å²) in [7, 11) is 0. The summed E-state index contributed by atoms with van der Waals surface area (Å²) in [4.78, 5) is 11.5. The average Bonchev–Trinajstić information content (AvgIpc) is 3.22. The molecule has 0 saturated carbocycles. The molecule has 0 bridgehead atoms. The van der Waals surface area contributed by atoms with Crippen LogP contribution in [0.25, 0.3) is 11.3 Å². The lowest BCUT2D eigenvalue weighted by atomic mass is 10.1. The predicted molar refractivity (Wildman–Crippen MR) is 108 cm³/mol. The van der Waals surface area contributed by atoms with E-state index in [1.54, 1.807) is 18.2 Å². The minimum absolute atomic E-state index is 0.194. The van der Waals surface area contributed by atoms with Gasteiger partial charge in [0.2, 0.25) is 12.7 Å². The molecule has 3 aromatic rings. The Labute approximate surface area is 167 Å². The summed E-state index contributed by atoms with van der Waals surface area (Å²) in [6, 6.07) is 14.6. The maximum atomic E-state index is 9.87. The number of phenolic OH excluding ortho intramolecular Hbond substituents is 1. The van der Waals surface area contributed by atoms with Gasteiger partial charge in [-0.05, 0) is 24.3 Å². The second-order valence-electron chi connectivity index (χ2n) is 6.78. The smallest absolute Gasteiger partial charge is 0.231 e. The standard InChI is InChI=1S/C21H20N4O4/c26-16-3-1-2-14(10-16)17-12-20(24-21(23-17)25-6-8-27-9-7-25)22-15-4-5-18-19(11-15)29-13-28-18/h1-5,10-12,26H,6-9,13H2,(H,22,23,24). The van der Waals surface area contributed by atoms with E-state index in [0.29, 0.717) is 30.7 Å². The van der Waals surface area contributed by atoms with E-state index in [1.165, 1.54) is 0 Å². The Bertz CT molecular complexity index is 1040. The average molecular weight is 392 g/mol. The normalized spacial score (nSPS) is 15.4. The number of phenols is 1. The lowest BCUT2D eigenvalue weighted by Crippen LogP contribution is -2.37. The van der Waals surface area contributed by atoms with Crippen molar-refractivity contribution in [2.24, 2.45) is 0 Å². The molecule has 0 unspecified atom stereocenters. The number of nitrogens with zero attached hydrogens (tertiary/aromatic N) is 3. The maximum Gasteiger partial charge on any atom is 0.231 e. The number of hydrogen-bond donors (Lipinski definition) is 2. The highest BCUT2D eigenvalue weighted by molar-refractivity contribution is 5.69. The lowest BCUT2D eigenvalue weighted by molar-refractivity contribution is 0.122. The van der Waals surface area contributed by atoms with Crippen molar-refractivity contribution < 1.29 is 19.3 Å². The van der Waals surface area contributed by atoms with Gasteiger partial charge in [0.1, 0.15) is 11.6 Å². The Kier molecular flexibility index (Phi) is 4.53. The van der Waals surface area contributed by atoms with Gasteiger partial charge in [-0.2, -0.15) is 4.98 Å². The van der Waals surface area contributed by atoms with Crippen molar-refractivity contribution in [1.29, 1.82) is 0 Å². The van der Waals surface area contributed by atoms with Gasteiger partial charge in [0, 0.05) is 36.5 Å². The second kappa shape index (κ2) is 7.48. The van der Waals surface area contributed by atoms with E-state index in [0.717, 1.165) is 35.8 Å². The zero-order valence-electron chi connectivity index (χ0n) is 15.7. The number of ether oxygens (including phenoxy) is 3. The summed E-state index contributed by atoms with van der Waals surface area (Å²) < 4.78 is 16.3. The van der Waals surface area contributed by atoms with Gasteiger partial charge in [0.25, 0.3) is 0 Å². The number of morpholine rings is 1. The van der Waals surface area contributed by atoms with Crippen molar-refractivity contribution in [2.75, 3.05) is 43.3 Å². The first-order chi connectivity index (χ1) is 14.2. The topological polar surface area (TPSA) is 89.0 Å². The fraction of sp³-hybridized carbons (Fsp3) is 0.238. The summed E-state index contributed by atoms with van der Waals surface area (Å²) in [5.74, 6) is 2.90. The van der Waals surface area contributed by atoms with E-state index < -0.39 is 0 Å². The highest BCUT2D eigenvalue weighted by Crippen LogP contribution is 2.35. The Hall–Kier alpha value is -3.52. The van der Waals surface area contributed by atoms with Crippen LogP contribution in [-0.4, -0.2) is 48.2 Å². The highest BCUT2D eigenvalue weighted by Gasteiger charge is 2.18. The third kappa shape index (κ3) is 3.74. The fourth-order valence-corrected chi connectivity index (χ4v) is 3.34. The molecule has 0 spiro atoms. The van der Waals surface area contributed by atoms with Gasteiger partial charge >= 0.3 is 0 Å². The van der Waals surface area contributed by atoms with Crippen LogP contribution in [0, 0.1) is 0 Å². The Balaban J connectivity index is 1.52. The van der Waals surface area contributed by atoms with Crippen LogP contribution in [0.3, 0.4) is 0 Å². The molecule has 0 aliphatic carbocycles. The van der Waals surface area contributed by atoms with Crippen LogP contribution >= 0.6 is 0 Å². The minimum atomic E-state index is 0.194. The molecule has 3 heterocycles. The molecule has 1 saturated heterocycles. The van der Waals surface area contributed by atoms with Crippen LogP contribution < -0.4 is 19.7 Å². The van der Waals surface area contributed by atoms with Crippen molar-refractivity contribution in [3.63, 3.8) is 0 Å². The molecule has 8 heteroatoms. The van der Waals surface area contributed by atoms with Crippen LogP contribution in [0.15, 0.2) is 48.5 Å². The van der Waals surface area contributed by atoms with Gasteiger partial charge in [-0.3, -0.25) is 0 Å². The van der Waals surface area contributed by atoms with Crippen molar-refractivity contribution >= 4 is 17.5 Å². The third-order valence-corrected chi connectivity index (χ3v) is 4.80. The van der Waals surface area contributed by atoms with E-state index >= 15 is 0 Å². The summed E-state index contributed by atoms with van der Waals surface area (Å²) in [5.41, 5.74) is 2.37. The van der Waals surface area contributed by atoms with Gasteiger partial charge < -0.3 is 29.5 Å². The van der Waals surface area contributed by atoms with E-state index in [2.05, 4.69) is 10.2 Å². The van der Waals surface area contributed by atoms with Crippen molar-refractivity contribution in [1.82, 2.24) is 9.97 Å². The van der Waals surface area contributed by atoms with E-state index in [1.807, 2.05) is 30.3 Å². The lowest BCUT2D eigenvalue weighted by Gasteiger charge is -2.27. The van der Waals surface area contributed by atoms with Crippen LogP contribution in [0.2, 0.25) is 0 Å². The summed E-state index contributed by atoms with van der Waals surface area (Å²) >= 11 is 0. The molecule has 1 aromatic heterocycles. The first kappa shape index (κ1) is 17.6. The van der Waals surface area contributed by atoms with Crippen molar-refractivity contribution in [3.05, 3.63) is 48.5 Å². The molecule has 1 fully saturated rings. The number of benzene rings is 2. The number of fused-ring (bicyclic) bond motifs is 1. The van der Waals surface area contributed by atoms with E-state index in [9.17, 15) is 5.11 Å². The molecule has 0 radical (unpaired) electrons. The van der Waals surface area contributed by atoms with Gasteiger partial charge in [-0.15, -0.1) is 0 Å². The zero-order chi connectivity index (χ0) is 19.6. The molecule has 148 valence electrons. The van der Waals surface area contributed by atoms with Gasteiger partial charge in [-0.1, -0.05) is 12.1 Å². The molecule has 8 nitrogen and oxygen atoms in total. The second-order valence-corrected chi connectivity index (χ2v) is 6.78. The first-order valence-electron chi connectivity index (χ1n) is 9.42. The molecule has 0 amide bonds. The molecule has 29 heavy (non-hydrogen) atoms. The third-order valence-electron chi connectivity index (χ3n) is 4.80. The van der Waals surface area contributed by atoms with Gasteiger partial charge in [-0.25, -0.2) is 4.98 Å². The van der Waals surface area contributed by atoms with E-state index in [4.69, 9.17) is 24.2 Å². The molecular formula is C21H20N4O4. The van der Waals surface area contributed by atoms with Crippen molar-refractivity contribution in [3.8, 4) is 28.5 Å². The quantitative estimate of drug-likeness (QED) is 0.700. The van der Waals surface area contributed by atoms with Crippen LogP contribution in [0.4, 0.5) is 17.5 Å². The largest absolute Gasteiger partial charge is 0.508 e. The molecule has 2 N–H and O–H groups in total. The Morgan fingerprint density at radius 1 is 0.931 bits per heavy atom. The Morgan fingerprint density at radius 2 is 1.79 bits per heavy atom. The monoisotopic (exact) mass is 392 g/mol. The van der Waals surface area contributed by atoms with Gasteiger partial charge in [0.05, 0.1) is 18.9 Å². The SMILES string of the molecule is Oc1cccc(-c2cc(Nc3ccc4c(c3)OCO4)nc(N3CCOCC3)n2)c1. The molecule has 0 atom stereocenters.